The topological polar surface area (TPSA) is 32.3 Å². The normalized spacial score (nSPS) is 16.9. The third kappa shape index (κ3) is 5.55. The number of hydrogen-bond donors (Lipinski definition) is 1. The maximum absolute atomic E-state index is 12.4. The van der Waals surface area contributed by atoms with E-state index in [0.29, 0.717) is 12.1 Å². The number of rotatable bonds is 5. The van der Waals surface area contributed by atoms with E-state index in [1.807, 2.05) is 24.3 Å². The highest BCUT2D eigenvalue weighted by atomic mass is 79.9. The minimum Gasteiger partial charge on any atom is -0.350 e. The Kier molecular flexibility index (Phi) is 7.94. The first-order chi connectivity index (χ1) is 11.6. The smallest absolute Gasteiger partial charge is 0.251 e. The maximum atomic E-state index is 12.4. The molecule has 1 unspecified atom stereocenters. The average Bonchev–Trinajstić information content (AvgIpc) is 3.11. The van der Waals surface area contributed by atoms with Crippen molar-refractivity contribution in [3.8, 4) is 0 Å². The molecule has 0 spiro atoms. The minimum atomic E-state index is -0.00515. The van der Waals surface area contributed by atoms with Gasteiger partial charge in [-0.1, -0.05) is 28.9 Å². The second-order valence-electron chi connectivity index (χ2n) is 6.47. The molecule has 1 aliphatic rings. The Morgan fingerprint density at radius 3 is 2.56 bits per heavy atom. The Bertz CT molecular complexity index is 655. The highest BCUT2D eigenvalue weighted by Crippen LogP contribution is 2.29. The average molecular weight is 444 g/mol. The van der Waals surface area contributed by atoms with Gasteiger partial charge in [0.2, 0.25) is 0 Å². The Morgan fingerprint density at radius 1 is 1.28 bits per heavy atom. The van der Waals surface area contributed by atoms with Crippen molar-refractivity contribution in [1.82, 2.24) is 10.2 Å². The van der Waals surface area contributed by atoms with E-state index in [0.717, 1.165) is 23.5 Å². The van der Waals surface area contributed by atoms with E-state index in [4.69, 9.17) is 0 Å². The van der Waals surface area contributed by atoms with Gasteiger partial charge >= 0.3 is 0 Å². The SMILES string of the molecule is CC1CCN(C(CNC(=O)c2ccc(Br)cc2)c2cccs2)CC1.Cl. The van der Waals surface area contributed by atoms with Gasteiger partial charge in [0, 0.05) is 21.5 Å². The lowest BCUT2D eigenvalue weighted by Gasteiger charge is -2.36. The maximum Gasteiger partial charge on any atom is 0.251 e. The number of benzene rings is 1. The van der Waals surface area contributed by atoms with Crippen molar-refractivity contribution in [1.29, 1.82) is 0 Å². The summed E-state index contributed by atoms with van der Waals surface area (Å²) in [6.07, 6.45) is 2.48. The van der Waals surface area contributed by atoms with Crippen molar-refractivity contribution in [3.05, 3.63) is 56.7 Å². The lowest BCUT2D eigenvalue weighted by Crippen LogP contribution is -2.41. The molecular weight excluding hydrogens is 420 g/mol. The van der Waals surface area contributed by atoms with Crippen LogP contribution < -0.4 is 5.32 Å². The fraction of sp³-hybridized carbons (Fsp3) is 0.421. The summed E-state index contributed by atoms with van der Waals surface area (Å²) in [5.41, 5.74) is 0.704. The molecule has 2 heterocycles. The first-order valence-electron chi connectivity index (χ1n) is 8.44. The van der Waals surface area contributed by atoms with Gasteiger partial charge in [0.15, 0.2) is 0 Å². The van der Waals surface area contributed by atoms with Gasteiger partial charge in [-0.25, -0.2) is 0 Å². The molecule has 1 saturated heterocycles. The molecule has 3 rings (SSSR count). The molecule has 0 saturated carbocycles. The number of nitrogens with zero attached hydrogens (tertiary/aromatic N) is 1. The summed E-state index contributed by atoms with van der Waals surface area (Å²) in [4.78, 5) is 16.3. The van der Waals surface area contributed by atoms with Crippen LogP contribution in [0.4, 0.5) is 0 Å². The van der Waals surface area contributed by atoms with Crippen molar-refractivity contribution in [2.75, 3.05) is 19.6 Å². The number of halogens is 2. The third-order valence-electron chi connectivity index (χ3n) is 4.69. The number of carbonyl (C=O) groups is 1. The van der Waals surface area contributed by atoms with Crippen LogP contribution in [-0.4, -0.2) is 30.4 Å². The summed E-state index contributed by atoms with van der Waals surface area (Å²) in [7, 11) is 0. The van der Waals surface area contributed by atoms with Crippen LogP contribution >= 0.6 is 39.7 Å². The number of amides is 1. The molecule has 25 heavy (non-hydrogen) atoms. The lowest BCUT2D eigenvalue weighted by molar-refractivity contribution is 0.0915. The summed E-state index contributed by atoms with van der Waals surface area (Å²) in [5, 5.41) is 5.24. The van der Waals surface area contributed by atoms with Gasteiger partial charge in [0.1, 0.15) is 0 Å². The molecule has 1 aromatic carbocycles. The molecule has 2 aromatic rings. The van der Waals surface area contributed by atoms with E-state index < -0.39 is 0 Å². The summed E-state index contributed by atoms with van der Waals surface area (Å²) >= 11 is 5.18. The Balaban J connectivity index is 0.00000225. The number of nitrogens with one attached hydrogen (secondary N) is 1. The minimum absolute atomic E-state index is 0. The van der Waals surface area contributed by atoms with Gasteiger partial charge in [0.05, 0.1) is 6.04 Å². The second-order valence-corrected chi connectivity index (χ2v) is 8.36. The predicted molar refractivity (Wildman–Crippen MR) is 111 cm³/mol. The predicted octanol–water partition coefficient (Wildman–Crippen LogP) is 5.14. The molecule has 3 nitrogen and oxygen atoms in total. The summed E-state index contributed by atoms with van der Waals surface area (Å²) in [6.45, 7) is 5.20. The molecule has 1 aliphatic heterocycles. The van der Waals surface area contributed by atoms with Crippen LogP contribution in [0.25, 0.3) is 0 Å². The Labute approximate surface area is 168 Å². The van der Waals surface area contributed by atoms with Crippen molar-refractivity contribution < 1.29 is 4.79 Å². The molecule has 1 N–H and O–H groups in total. The first kappa shape index (κ1) is 20.4. The van der Waals surface area contributed by atoms with E-state index in [-0.39, 0.29) is 24.4 Å². The van der Waals surface area contributed by atoms with E-state index in [1.165, 1.54) is 17.7 Å². The van der Waals surface area contributed by atoms with E-state index >= 15 is 0 Å². The molecule has 136 valence electrons. The van der Waals surface area contributed by atoms with Gasteiger partial charge in [-0.3, -0.25) is 9.69 Å². The molecule has 1 atom stereocenters. The monoisotopic (exact) mass is 442 g/mol. The Hall–Kier alpha value is -0.880. The van der Waals surface area contributed by atoms with E-state index in [2.05, 4.69) is 50.6 Å². The number of piperidine rings is 1. The fourth-order valence-corrected chi connectivity index (χ4v) is 4.25. The van der Waals surface area contributed by atoms with Crippen LogP contribution in [-0.2, 0) is 0 Å². The van der Waals surface area contributed by atoms with E-state index in [9.17, 15) is 4.79 Å². The van der Waals surface area contributed by atoms with Gasteiger partial charge in [-0.05, 0) is 67.6 Å². The largest absolute Gasteiger partial charge is 0.350 e. The van der Waals surface area contributed by atoms with Gasteiger partial charge < -0.3 is 5.32 Å². The quantitative estimate of drug-likeness (QED) is 0.694. The molecular formula is C19H24BrClN2OS. The zero-order chi connectivity index (χ0) is 16.9. The van der Waals surface area contributed by atoms with Gasteiger partial charge in [0.25, 0.3) is 5.91 Å². The summed E-state index contributed by atoms with van der Waals surface area (Å²) in [6, 6.07) is 12.0. The van der Waals surface area contributed by atoms with Crippen molar-refractivity contribution in [2.45, 2.75) is 25.8 Å². The van der Waals surface area contributed by atoms with Gasteiger partial charge in [-0.15, -0.1) is 23.7 Å². The first-order valence-corrected chi connectivity index (χ1v) is 10.1. The fourth-order valence-electron chi connectivity index (χ4n) is 3.12. The lowest BCUT2D eigenvalue weighted by atomic mass is 9.97. The van der Waals surface area contributed by atoms with Crippen molar-refractivity contribution in [3.63, 3.8) is 0 Å². The zero-order valence-corrected chi connectivity index (χ0v) is 17.5. The molecule has 1 aromatic heterocycles. The van der Waals surface area contributed by atoms with Crippen LogP contribution in [0.1, 0.15) is 41.0 Å². The molecule has 6 heteroatoms. The number of carbonyl (C=O) groups excluding carboxylic acids is 1. The standard InChI is InChI=1S/C19H23BrN2OS.ClH/c1-14-8-10-22(11-9-14)17(18-3-2-12-24-18)13-21-19(23)15-4-6-16(20)7-5-15;/h2-7,12,14,17H,8-11,13H2,1H3,(H,21,23);1H. The highest BCUT2D eigenvalue weighted by Gasteiger charge is 2.25. The molecule has 1 fully saturated rings. The zero-order valence-electron chi connectivity index (χ0n) is 14.3. The van der Waals surface area contributed by atoms with Crippen LogP contribution in [0.5, 0.6) is 0 Å². The number of hydrogen-bond acceptors (Lipinski definition) is 3. The van der Waals surface area contributed by atoms with Crippen LogP contribution in [0.2, 0.25) is 0 Å². The third-order valence-corrected chi connectivity index (χ3v) is 6.20. The second kappa shape index (κ2) is 9.72. The molecule has 0 radical (unpaired) electrons. The van der Waals surface area contributed by atoms with E-state index in [1.54, 1.807) is 11.3 Å². The summed E-state index contributed by atoms with van der Waals surface area (Å²) in [5.74, 6) is 0.803. The van der Waals surface area contributed by atoms with Gasteiger partial charge in [-0.2, -0.15) is 0 Å². The van der Waals surface area contributed by atoms with Crippen LogP contribution in [0, 0.1) is 5.92 Å². The van der Waals surface area contributed by atoms with Crippen molar-refractivity contribution >= 4 is 45.6 Å². The number of likely N-dealkylation sites (tertiary alicyclic amines) is 1. The molecule has 0 aliphatic carbocycles. The number of thiophene rings is 1. The molecule has 0 bridgehead atoms. The summed E-state index contributed by atoms with van der Waals surface area (Å²) < 4.78 is 0.984. The van der Waals surface area contributed by atoms with Crippen LogP contribution in [0.15, 0.2) is 46.3 Å². The molecule has 1 amide bonds. The Morgan fingerprint density at radius 2 is 1.96 bits per heavy atom. The van der Waals surface area contributed by atoms with Crippen LogP contribution in [0.3, 0.4) is 0 Å². The highest BCUT2D eigenvalue weighted by molar-refractivity contribution is 9.10. The van der Waals surface area contributed by atoms with Crippen molar-refractivity contribution in [2.24, 2.45) is 5.92 Å².